The van der Waals surface area contributed by atoms with Crippen molar-refractivity contribution in [1.82, 2.24) is 16.1 Å². The second-order valence-electron chi connectivity index (χ2n) is 14.6. The van der Waals surface area contributed by atoms with E-state index >= 15 is 0 Å². The van der Waals surface area contributed by atoms with E-state index < -0.39 is 35.7 Å². The van der Waals surface area contributed by atoms with Crippen LogP contribution in [0.2, 0.25) is 0 Å². The van der Waals surface area contributed by atoms with Crippen molar-refractivity contribution in [3.63, 3.8) is 0 Å². The molecule has 0 bridgehead atoms. The highest BCUT2D eigenvalue weighted by atomic mass is 16.6. The fraction of sp³-hybridized carbons (Fsp3) is 0.439. The minimum Gasteiger partial charge on any atom is -0.481 e. The van der Waals surface area contributed by atoms with E-state index in [1.54, 1.807) is 20.8 Å². The van der Waals surface area contributed by atoms with Crippen molar-refractivity contribution < 1.29 is 33.8 Å². The summed E-state index contributed by atoms with van der Waals surface area (Å²) in [5.41, 5.74) is 7.72. The molecular weight excluding hydrogens is 660 g/mol. The Bertz CT molecular complexity index is 1680. The van der Waals surface area contributed by atoms with Crippen molar-refractivity contribution in [2.24, 2.45) is 16.9 Å². The van der Waals surface area contributed by atoms with E-state index in [1.165, 1.54) is 0 Å². The fourth-order valence-corrected chi connectivity index (χ4v) is 7.02. The molecule has 276 valence electrons. The van der Waals surface area contributed by atoms with Crippen LogP contribution in [-0.2, 0) is 25.5 Å². The number of hydrogen-bond acceptors (Lipinski definition) is 7. The largest absolute Gasteiger partial charge is 0.481 e. The van der Waals surface area contributed by atoms with Crippen LogP contribution in [0.4, 0.5) is 9.59 Å². The Morgan fingerprint density at radius 2 is 1.48 bits per heavy atom. The van der Waals surface area contributed by atoms with Gasteiger partial charge in [0.05, 0.1) is 24.1 Å². The number of urea groups is 1. The quantitative estimate of drug-likeness (QED) is 0.0784. The third kappa shape index (κ3) is 10.9. The maximum atomic E-state index is 13.5. The number of carbonyl (C=O) groups excluding carboxylic acids is 3. The molecule has 1 saturated carbocycles. The number of aryl methyl sites for hydroxylation is 1. The van der Waals surface area contributed by atoms with Crippen molar-refractivity contribution in [2.45, 2.75) is 89.7 Å². The summed E-state index contributed by atoms with van der Waals surface area (Å²) in [6.07, 6.45) is 3.38. The van der Waals surface area contributed by atoms with Gasteiger partial charge in [0.1, 0.15) is 12.2 Å². The van der Waals surface area contributed by atoms with Crippen LogP contribution in [0.5, 0.6) is 0 Å². The maximum absolute atomic E-state index is 13.5. The van der Waals surface area contributed by atoms with Gasteiger partial charge in [-0.25, -0.2) is 15.0 Å². The fourth-order valence-electron chi connectivity index (χ4n) is 7.02. The Balaban J connectivity index is 1.29. The molecule has 3 aromatic rings. The summed E-state index contributed by atoms with van der Waals surface area (Å²) in [5, 5.41) is 19.5. The van der Waals surface area contributed by atoms with Gasteiger partial charge in [-0.3, -0.25) is 9.59 Å². The molecular formula is C41H50N4O7. The molecule has 3 amide bonds. The zero-order chi connectivity index (χ0) is 37.1. The van der Waals surface area contributed by atoms with E-state index in [0.717, 1.165) is 34.2 Å². The number of amides is 3. The Labute approximate surface area is 305 Å². The van der Waals surface area contributed by atoms with Gasteiger partial charge in [-0.05, 0) is 99.5 Å². The number of carboxylic acid groups (broad SMARTS) is 1. The lowest BCUT2D eigenvalue weighted by atomic mass is 9.82. The number of hydrogen-bond donors (Lipinski definition) is 4. The minimum atomic E-state index is -0.923. The number of carboxylic acids is 1. The maximum Gasteiger partial charge on any atom is 0.407 e. The van der Waals surface area contributed by atoms with Gasteiger partial charge < -0.3 is 25.2 Å². The smallest absolute Gasteiger partial charge is 0.407 e. The molecule has 0 radical (unpaired) electrons. The Hall–Kier alpha value is -5.19. The molecule has 11 heteroatoms. The number of nitrogens with one attached hydrogen (secondary N) is 3. The van der Waals surface area contributed by atoms with Gasteiger partial charge >= 0.3 is 24.1 Å². The number of benzene rings is 3. The summed E-state index contributed by atoms with van der Waals surface area (Å²) in [6, 6.07) is 24.6. The average molecular weight is 711 g/mol. The number of esters is 1. The van der Waals surface area contributed by atoms with Gasteiger partial charge in [-0.2, -0.15) is 5.10 Å². The molecule has 1 fully saturated rings. The molecule has 4 N–H and O–H groups in total. The first kappa shape index (κ1) is 38.1. The van der Waals surface area contributed by atoms with Crippen LogP contribution in [0.25, 0.3) is 11.1 Å². The lowest BCUT2D eigenvalue weighted by molar-refractivity contribution is -0.155. The van der Waals surface area contributed by atoms with E-state index in [9.17, 15) is 24.3 Å². The molecule has 3 aromatic carbocycles. The van der Waals surface area contributed by atoms with Gasteiger partial charge in [0, 0.05) is 12.5 Å². The van der Waals surface area contributed by atoms with Crippen molar-refractivity contribution in [2.75, 3.05) is 13.2 Å². The van der Waals surface area contributed by atoms with Crippen molar-refractivity contribution >= 4 is 29.8 Å². The first-order valence-electron chi connectivity index (χ1n) is 18.2. The molecule has 11 nitrogen and oxygen atoms in total. The number of hydrazone groups is 1. The number of carbonyl (C=O) groups is 4. The van der Waals surface area contributed by atoms with Crippen LogP contribution in [-0.4, -0.2) is 59.7 Å². The van der Waals surface area contributed by atoms with Gasteiger partial charge in [-0.1, -0.05) is 78.9 Å². The first-order chi connectivity index (χ1) is 25.0. The van der Waals surface area contributed by atoms with Crippen molar-refractivity contribution in [3.05, 3.63) is 95.6 Å². The summed E-state index contributed by atoms with van der Waals surface area (Å²) in [6.45, 7) is 5.79. The van der Waals surface area contributed by atoms with Gasteiger partial charge in [0.2, 0.25) is 0 Å². The van der Waals surface area contributed by atoms with E-state index in [0.29, 0.717) is 50.8 Å². The average Bonchev–Trinajstić information content (AvgIpc) is 3.44. The van der Waals surface area contributed by atoms with Gasteiger partial charge in [-0.15, -0.1) is 0 Å². The third-order valence-corrected chi connectivity index (χ3v) is 9.62. The first-order valence-corrected chi connectivity index (χ1v) is 18.2. The molecule has 0 aliphatic heterocycles. The zero-order valence-electron chi connectivity index (χ0n) is 30.2. The number of rotatable bonds is 14. The van der Waals surface area contributed by atoms with Crippen LogP contribution >= 0.6 is 0 Å². The second-order valence-corrected chi connectivity index (χ2v) is 14.6. The number of aliphatic carboxylic acids is 1. The SMILES string of the molecule is CC(C)(C)OC(=O)C[C@H](NC(=O)OCC1c2ccccc2-c2ccccc21)C(CCCc1ccccc1)=NNC(=O)NCC1CCC(C(=O)O)CC1. The summed E-state index contributed by atoms with van der Waals surface area (Å²) in [5.74, 6) is -1.62. The monoisotopic (exact) mass is 710 g/mol. The van der Waals surface area contributed by atoms with Crippen molar-refractivity contribution in [3.8, 4) is 11.1 Å². The number of fused-ring (bicyclic) bond motifs is 3. The van der Waals surface area contributed by atoms with E-state index in [4.69, 9.17) is 9.47 Å². The molecule has 0 unspecified atom stereocenters. The van der Waals surface area contributed by atoms with Crippen LogP contribution in [0.1, 0.15) is 88.3 Å². The predicted octanol–water partition coefficient (Wildman–Crippen LogP) is 7.19. The Morgan fingerprint density at radius 1 is 0.865 bits per heavy atom. The lowest BCUT2D eigenvalue weighted by Gasteiger charge is -2.26. The molecule has 0 spiro atoms. The highest BCUT2D eigenvalue weighted by Gasteiger charge is 2.31. The summed E-state index contributed by atoms with van der Waals surface area (Å²) >= 11 is 0. The Kier molecular flexibility index (Phi) is 13.1. The van der Waals surface area contributed by atoms with Gasteiger partial charge in [0.15, 0.2) is 0 Å². The zero-order valence-corrected chi connectivity index (χ0v) is 30.2. The van der Waals surface area contributed by atoms with Crippen LogP contribution in [0.15, 0.2) is 84.0 Å². The second kappa shape index (κ2) is 17.8. The molecule has 0 saturated heterocycles. The van der Waals surface area contributed by atoms with Crippen LogP contribution in [0.3, 0.4) is 0 Å². The minimum absolute atomic E-state index is 0.0918. The standard InChI is InChI=1S/C41H50N4O7/c1-41(2,3)52-37(46)24-36(43-40(50)51-26-34-32-17-9-7-15-30(32)31-16-8-10-18-33(31)34)35(19-11-14-27-12-5-4-6-13-27)44-45-39(49)42-25-28-20-22-29(23-21-28)38(47)48/h4-10,12-13,15-18,28-29,34,36H,11,14,19-26H2,1-3H3,(H,43,50)(H,47,48)(H2,42,45,49)/t28?,29?,36-/m0/s1. The van der Waals surface area contributed by atoms with E-state index in [-0.39, 0.29) is 30.8 Å². The highest BCUT2D eigenvalue weighted by molar-refractivity contribution is 5.95. The van der Waals surface area contributed by atoms with E-state index in [1.807, 2.05) is 66.7 Å². The lowest BCUT2D eigenvalue weighted by Crippen LogP contribution is -2.45. The molecule has 5 rings (SSSR count). The molecule has 1 atom stereocenters. The van der Waals surface area contributed by atoms with Gasteiger partial charge in [0.25, 0.3) is 0 Å². The third-order valence-electron chi connectivity index (χ3n) is 9.62. The number of nitrogens with zero attached hydrogens (tertiary/aromatic N) is 1. The number of ether oxygens (including phenoxy) is 2. The van der Waals surface area contributed by atoms with Crippen molar-refractivity contribution in [1.29, 1.82) is 0 Å². The Morgan fingerprint density at radius 3 is 2.10 bits per heavy atom. The van der Waals surface area contributed by atoms with Crippen LogP contribution in [0, 0.1) is 11.8 Å². The molecule has 0 aromatic heterocycles. The summed E-state index contributed by atoms with van der Waals surface area (Å²) < 4.78 is 11.5. The topological polar surface area (TPSA) is 155 Å². The summed E-state index contributed by atoms with van der Waals surface area (Å²) in [4.78, 5) is 50.9. The number of alkyl carbamates (subject to hydrolysis) is 1. The molecule has 52 heavy (non-hydrogen) atoms. The molecule has 2 aliphatic carbocycles. The molecule has 2 aliphatic rings. The van der Waals surface area contributed by atoms with Crippen LogP contribution < -0.4 is 16.1 Å². The molecule has 0 heterocycles. The van der Waals surface area contributed by atoms with E-state index in [2.05, 4.69) is 33.3 Å². The summed E-state index contributed by atoms with van der Waals surface area (Å²) in [7, 11) is 0. The normalized spacial score (nSPS) is 17.6. The predicted molar refractivity (Wildman–Crippen MR) is 199 cm³/mol. The highest BCUT2D eigenvalue weighted by Crippen LogP contribution is 2.44.